The van der Waals surface area contributed by atoms with E-state index in [0.717, 1.165) is 3.79 Å². The maximum Gasteiger partial charge on any atom is 0.185 e. The molecule has 2 rings (SSSR count). The van der Waals surface area contributed by atoms with Gasteiger partial charge in [-0.1, -0.05) is 23.7 Å². The lowest BCUT2D eigenvalue weighted by Crippen LogP contribution is -2.10. The van der Waals surface area contributed by atoms with Crippen molar-refractivity contribution in [2.45, 2.75) is 4.90 Å². The van der Waals surface area contributed by atoms with Crippen LogP contribution in [0.25, 0.3) is 0 Å². The van der Waals surface area contributed by atoms with E-state index in [-0.39, 0.29) is 11.5 Å². The van der Waals surface area contributed by atoms with E-state index in [4.69, 9.17) is 11.6 Å². The van der Waals surface area contributed by atoms with Crippen LogP contribution in [0, 0.1) is 0 Å². The second kappa shape index (κ2) is 6.10. The summed E-state index contributed by atoms with van der Waals surface area (Å²) in [5.74, 6) is -0.180. The van der Waals surface area contributed by atoms with Gasteiger partial charge in [0.1, 0.15) is 0 Å². The second-order valence-corrected chi connectivity index (χ2v) is 7.74. The molecule has 0 bridgehead atoms. The predicted molar refractivity (Wildman–Crippen MR) is 79.1 cm³/mol. The first kappa shape index (κ1) is 13.9. The third-order valence-electron chi connectivity index (χ3n) is 2.19. The fourth-order valence-electron chi connectivity index (χ4n) is 1.36. The summed E-state index contributed by atoms with van der Waals surface area (Å²) in [4.78, 5) is 13.0. The Kier molecular flexibility index (Phi) is 4.72. The van der Waals surface area contributed by atoms with Crippen LogP contribution in [0.1, 0.15) is 9.67 Å². The average Bonchev–Trinajstić information content (AvgIpc) is 2.76. The Morgan fingerprint density at radius 3 is 2.61 bits per heavy atom. The summed E-state index contributed by atoms with van der Waals surface area (Å²) in [6, 6.07) is 10.4. The predicted octanol–water partition coefficient (Wildman–Crippen LogP) is 4.15. The lowest BCUT2D eigenvalue weighted by Gasteiger charge is -2.02. The quantitative estimate of drug-likeness (QED) is 0.765. The van der Waals surface area contributed by atoms with Crippen molar-refractivity contribution in [3.05, 3.63) is 50.1 Å². The molecule has 1 atom stereocenters. The summed E-state index contributed by atoms with van der Waals surface area (Å²) in [5, 5.41) is 0.427. The second-order valence-electron chi connectivity index (χ2n) is 3.45. The van der Waals surface area contributed by atoms with Crippen LogP contribution in [0.15, 0.2) is 45.1 Å². The molecule has 1 unspecified atom stereocenters. The van der Waals surface area contributed by atoms with Crippen molar-refractivity contribution >= 4 is 55.5 Å². The number of benzene rings is 1. The molecule has 0 radical (unpaired) electrons. The number of thiophene rings is 1. The minimum atomic E-state index is -1.41. The van der Waals surface area contributed by atoms with E-state index < -0.39 is 10.8 Å². The smallest absolute Gasteiger partial charge is 0.185 e. The number of carbonyl (C=O) groups excluding carboxylic acids is 1. The lowest BCUT2D eigenvalue weighted by atomic mass is 10.3. The highest BCUT2D eigenvalue weighted by Gasteiger charge is 2.15. The molecule has 0 N–H and O–H groups in total. The fraction of sp³-hybridized carbons (Fsp3) is 0.0833. The first-order valence-corrected chi connectivity index (χ1v) is 8.30. The maximum absolute atomic E-state index is 12.1. The monoisotopic (exact) mass is 362 g/mol. The van der Waals surface area contributed by atoms with Crippen LogP contribution in [0.3, 0.4) is 0 Å². The standard InChI is InChI=1S/C12H8BrClO2S2/c13-12-6-5-10(17-12)9(15)7-18(16)11-4-2-1-3-8(11)14/h1-6H,7H2. The highest BCUT2D eigenvalue weighted by atomic mass is 79.9. The summed E-state index contributed by atoms with van der Waals surface area (Å²) in [7, 11) is -1.41. The molecule has 0 aliphatic heterocycles. The van der Waals surface area contributed by atoms with E-state index in [0.29, 0.717) is 14.8 Å². The Balaban J connectivity index is 2.13. The summed E-state index contributed by atoms with van der Waals surface area (Å²) in [5.41, 5.74) is 0. The average molecular weight is 364 g/mol. The number of Topliss-reactive ketones (excluding diaryl/α,β-unsaturated/α-hetero) is 1. The Hall–Kier alpha value is -0.490. The van der Waals surface area contributed by atoms with Gasteiger partial charge in [0, 0.05) is 0 Å². The van der Waals surface area contributed by atoms with Crippen molar-refractivity contribution in [3.63, 3.8) is 0 Å². The fourth-order valence-corrected chi connectivity index (χ4v) is 4.24. The molecular formula is C12H8BrClO2S2. The minimum absolute atomic E-state index is 0.0450. The van der Waals surface area contributed by atoms with Crippen molar-refractivity contribution in [1.29, 1.82) is 0 Å². The number of halogens is 2. The van der Waals surface area contributed by atoms with E-state index in [1.54, 1.807) is 36.4 Å². The third-order valence-corrected chi connectivity index (χ3v) is 5.67. The highest BCUT2D eigenvalue weighted by molar-refractivity contribution is 9.11. The van der Waals surface area contributed by atoms with Crippen LogP contribution < -0.4 is 0 Å². The topological polar surface area (TPSA) is 34.1 Å². The molecule has 94 valence electrons. The molecule has 0 aliphatic carbocycles. The summed E-state index contributed by atoms with van der Waals surface area (Å²) < 4.78 is 12.9. The van der Waals surface area contributed by atoms with Crippen LogP contribution in [-0.2, 0) is 10.8 Å². The van der Waals surface area contributed by atoms with Crippen LogP contribution in [0.5, 0.6) is 0 Å². The molecule has 1 aromatic heterocycles. The zero-order valence-electron chi connectivity index (χ0n) is 9.06. The zero-order valence-corrected chi connectivity index (χ0v) is 13.0. The van der Waals surface area contributed by atoms with Crippen LogP contribution >= 0.6 is 38.9 Å². The highest BCUT2D eigenvalue weighted by Crippen LogP contribution is 2.24. The van der Waals surface area contributed by atoms with E-state index >= 15 is 0 Å². The van der Waals surface area contributed by atoms with E-state index in [9.17, 15) is 9.00 Å². The molecule has 0 spiro atoms. The van der Waals surface area contributed by atoms with Gasteiger partial charge >= 0.3 is 0 Å². The van der Waals surface area contributed by atoms with Crippen LogP contribution in [0.2, 0.25) is 5.02 Å². The number of ketones is 1. The molecule has 0 fully saturated rings. The van der Waals surface area contributed by atoms with Crippen molar-refractivity contribution < 1.29 is 9.00 Å². The van der Waals surface area contributed by atoms with Gasteiger partial charge in [-0.05, 0) is 40.2 Å². The first-order valence-electron chi connectivity index (χ1n) is 4.99. The largest absolute Gasteiger partial charge is 0.292 e. The van der Waals surface area contributed by atoms with E-state index in [1.165, 1.54) is 11.3 Å². The molecule has 0 saturated heterocycles. The Morgan fingerprint density at radius 2 is 2.00 bits per heavy atom. The normalized spacial score (nSPS) is 12.3. The molecule has 1 aromatic carbocycles. The lowest BCUT2D eigenvalue weighted by molar-refractivity contribution is 0.102. The molecule has 0 saturated carbocycles. The Labute approximate surface area is 125 Å². The van der Waals surface area contributed by atoms with Crippen molar-refractivity contribution in [1.82, 2.24) is 0 Å². The van der Waals surface area contributed by atoms with Crippen molar-refractivity contribution in [2.24, 2.45) is 0 Å². The molecule has 2 aromatic rings. The molecule has 1 heterocycles. The number of hydrogen-bond donors (Lipinski definition) is 0. The summed E-state index contributed by atoms with van der Waals surface area (Å²) in [6.07, 6.45) is 0. The van der Waals surface area contributed by atoms with Gasteiger partial charge in [0.15, 0.2) is 5.78 Å². The van der Waals surface area contributed by atoms with Gasteiger partial charge in [0.25, 0.3) is 0 Å². The molecule has 2 nitrogen and oxygen atoms in total. The van der Waals surface area contributed by atoms with Crippen molar-refractivity contribution in [2.75, 3.05) is 5.75 Å². The Morgan fingerprint density at radius 1 is 1.28 bits per heavy atom. The van der Waals surface area contributed by atoms with Gasteiger partial charge in [-0.15, -0.1) is 11.3 Å². The van der Waals surface area contributed by atoms with Gasteiger partial charge < -0.3 is 0 Å². The molecule has 6 heteroatoms. The molecule has 0 amide bonds. The number of rotatable bonds is 4. The number of hydrogen-bond acceptors (Lipinski definition) is 3. The summed E-state index contributed by atoms with van der Waals surface area (Å²) >= 11 is 10.6. The maximum atomic E-state index is 12.1. The van der Waals surface area contributed by atoms with Gasteiger partial charge in [0.2, 0.25) is 0 Å². The van der Waals surface area contributed by atoms with Gasteiger partial charge in [-0.2, -0.15) is 0 Å². The number of carbonyl (C=O) groups is 1. The Bertz CT molecular complexity index is 610. The summed E-state index contributed by atoms with van der Waals surface area (Å²) in [6.45, 7) is 0. The van der Waals surface area contributed by atoms with Crippen LogP contribution in [-0.4, -0.2) is 15.7 Å². The SMILES string of the molecule is O=C(CS(=O)c1ccccc1Cl)c1ccc(Br)s1. The van der Waals surface area contributed by atoms with Gasteiger partial charge in [-0.25, -0.2) is 0 Å². The molecule has 18 heavy (non-hydrogen) atoms. The molecular weight excluding hydrogens is 356 g/mol. The van der Waals surface area contributed by atoms with E-state index in [1.807, 2.05) is 0 Å². The van der Waals surface area contributed by atoms with Crippen molar-refractivity contribution in [3.8, 4) is 0 Å². The van der Waals surface area contributed by atoms with Gasteiger partial charge in [0.05, 0.1) is 35.1 Å². The minimum Gasteiger partial charge on any atom is -0.292 e. The molecule has 0 aliphatic rings. The van der Waals surface area contributed by atoms with Gasteiger partial charge in [-0.3, -0.25) is 9.00 Å². The van der Waals surface area contributed by atoms with E-state index in [2.05, 4.69) is 15.9 Å². The zero-order chi connectivity index (χ0) is 13.1. The third kappa shape index (κ3) is 3.29. The first-order chi connectivity index (χ1) is 8.58. The van der Waals surface area contributed by atoms with Crippen LogP contribution in [0.4, 0.5) is 0 Å².